The average Bonchev–Trinajstić information content (AvgIpc) is 3.06. The molecule has 0 spiro atoms. The van der Waals surface area contributed by atoms with E-state index >= 15 is 0 Å². The van der Waals surface area contributed by atoms with Crippen molar-refractivity contribution >= 4 is 5.82 Å². The highest BCUT2D eigenvalue weighted by molar-refractivity contribution is 5.44. The molecule has 2 N–H and O–H groups in total. The molecule has 1 aromatic heterocycles. The third-order valence-electron chi connectivity index (χ3n) is 3.56. The van der Waals surface area contributed by atoms with Crippen LogP contribution in [0.25, 0.3) is 0 Å². The number of hydrogen-bond donors (Lipinski definition) is 1. The molecule has 0 amide bonds. The fraction of sp³-hybridized carbons (Fsp3) is 0.667. The minimum absolute atomic E-state index is 0.591. The predicted octanol–water partition coefficient (Wildman–Crippen LogP) is 0.967. The Kier molecular flexibility index (Phi) is 2.32. The number of nitrogen functional groups attached to an aromatic ring is 1. The standard InChI is InChI=1S/C12H18N4/c1-16-6-4-9-10(5-7-16)14-12(8-2-3-8)15-11(9)13/h8H,2-7H2,1H3,(H2,13,14,15). The lowest BCUT2D eigenvalue weighted by Gasteiger charge is -2.10. The van der Waals surface area contributed by atoms with Crippen LogP contribution in [0.2, 0.25) is 0 Å². The Morgan fingerprint density at radius 3 is 2.69 bits per heavy atom. The lowest BCUT2D eigenvalue weighted by Crippen LogP contribution is -2.20. The van der Waals surface area contributed by atoms with Crippen molar-refractivity contribution in [3.05, 3.63) is 17.1 Å². The van der Waals surface area contributed by atoms with E-state index in [1.54, 1.807) is 0 Å². The Morgan fingerprint density at radius 1 is 1.19 bits per heavy atom. The summed E-state index contributed by atoms with van der Waals surface area (Å²) in [7, 11) is 2.15. The maximum absolute atomic E-state index is 6.05. The highest BCUT2D eigenvalue weighted by atomic mass is 15.1. The van der Waals surface area contributed by atoms with Gasteiger partial charge in [0.2, 0.25) is 0 Å². The number of aromatic nitrogens is 2. The minimum atomic E-state index is 0.591. The van der Waals surface area contributed by atoms with Gasteiger partial charge in [-0.1, -0.05) is 0 Å². The largest absolute Gasteiger partial charge is 0.383 e. The van der Waals surface area contributed by atoms with E-state index in [-0.39, 0.29) is 0 Å². The number of likely N-dealkylation sites (N-methyl/N-ethyl adjacent to an activating group) is 1. The Balaban J connectivity index is 1.98. The fourth-order valence-electron chi connectivity index (χ4n) is 2.28. The van der Waals surface area contributed by atoms with E-state index in [4.69, 9.17) is 10.7 Å². The van der Waals surface area contributed by atoms with E-state index in [2.05, 4.69) is 16.9 Å². The van der Waals surface area contributed by atoms with Gasteiger partial charge in [0.1, 0.15) is 11.6 Å². The molecule has 86 valence electrons. The lowest BCUT2D eigenvalue weighted by atomic mass is 10.1. The molecule has 0 unspecified atom stereocenters. The first-order valence-corrected chi connectivity index (χ1v) is 6.08. The maximum atomic E-state index is 6.05. The van der Waals surface area contributed by atoms with E-state index in [0.29, 0.717) is 5.92 Å². The van der Waals surface area contributed by atoms with E-state index in [0.717, 1.165) is 37.6 Å². The van der Waals surface area contributed by atoms with Crippen molar-refractivity contribution < 1.29 is 0 Å². The first kappa shape index (κ1) is 10.0. The van der Waals surface area contributed by atoms with Gasteiger partial charge < -0.3 is 10.6 Å². The van der Waals surface area contributed by atoms with E-state index in [9.17, 15) is 0 Å². The highest BCUT2D eigenvalue weighted by Gasteiger charge is 2.28. The summed E-state index contributed by atoms with van der Waals surface area (Å²) in [6, 6.07) is 0. The van der Waals surface area contributed by atoms with Gasteiger partial charge >= 0.3 is 0 Å². The van der Waals surface area contributed by atoms with Gasteiger partial charge in [0.05, 0.1) is 5.69 Å². The summed E-state index contributed by atoms with van der Waals surface area (Å²) in [5.74, 6) is 2.30. The summed E-state index contributed by atoms with van der Waals surface area (Å²) in [6.45, 7) is 2.14. The number of anilines is 1. The molecule has 2 heterocycles. The van der Waals surface area contributed by atoms with Gasteiger partial charge in [0.25, 0.3) is 0 Å². The predicted molar refractivity (Wildman–Crippen MR) is 63.3 cm³/mol. The monoisotopic (exact) mass is 218 g/mol. The molecule has 4 nitrogen and oxygen atoms in total. The second-order valence-electron chi connectivity index (χ2n) is 4.97. The van der Waals surface area contributed by atoms with Crippen LogP contribution in [-0.2, 0) is 12.8 Å². The molecule has 0 atom stereocenters. The second kappa shape index (κ2) is 3.70. The van der Waals surface area contributed by atoms with E-state index < -0.39 is 0 Å². The summed E-state index contributed by atoms with van der Waals surface area (Å²) < 4.78 is 0. The molecule has 1 aliphatic heterocycles. The number of nitrogens with two attached hydrogens (primary N) is 1. The number of fused-ring (bicyclic) bond motifs is 1. The van der Waals surface area contributed by atoms with E-state index in [1.807, 2.05) is 0 Å². The van der Waals surface area contributed by atoms with Crippen LogP contribution in [-0.4, -0.2) is 35.0 Å². The van der Waals surface area contributed by atoms with Crippen LogP contribution in [0.3, 0.4) is 0 Å². The average molecular weight is 218 g/mol. The normalized spacial score (nSPS) is 21.6. The molecule has 2 aliphatic rings. The zero-order chi connectivity index (χ0) is 11.1. The van der Waals surface area contributed by atoms with Gasteiger partial charge in [-0.15, -0.1) is 0 Å². The smallest absolute Gasteiger partial charge is 0.134 e. The summed E-state index contributed by atoms with van der Waals surface area (Å²) in [6.07, 6.45) is 4.47. The van der Waals surface area contributed by atoms with Crippen LogP contribution < -0.4 is 5.73 Å². The molecule has 1 aliphatic carbocycles. The lowest BCUT2D eigenvalue weighted by molar-refractivity contribution is 0.352. The van der Waals surface area contributed by atoms with Crippen LogP contribution >= 0.6 is 0 Å². The molecular weight excluding hydrogens is 200 g/mol. The van der Waals surface area contributed by atoms with Crippen molar-refractivity contribution in [3.8, 4) is 0 Å². The Labute approximate surface area is 95.9 Å². The first-order chi connectivity index (χ1) is 7.74. The Hall–Kier alpha value is -1.16. The zero-order valence-corrected chi connectivity index (χ0v) is 9.74. The van der Waals surface area contributed by atoms with Gasteiger partial charge in [-0.3, -0.25) is 0 Å². The van der Waals surface area contributed by atoms with Gasteiger partial charge in [-0.2, -0.15) is 0 Å². The summed E-state index contributed by atoms with van der Waals surface area (Å²) in [4.78, 5) is 11.5. The highest BCUT2D eigenvalue weighted by Crippen LogP contribution is 2.38. The third kappa shape index (κ3) is 1.78. The third-order valence-corrected chi connectivity index (χ3v) is 3.56. The quantitative estimate of drug-likeness (QED) is 0.763. The second-order valence-corrected chi connectivity index (χ2v) is 4.97. The molecule has 0 aromatic carbocycles. The van der Waals surface area contributed by atoms with Crippen LogP contribution in [0.5, 0.6) is 0 Å². The molecule has 1 aromatic rings. The van der Waals surface area contributed by atoms with Crippen molar-refractivity contribution in [2.45, 2.75) is 31.6 Å². The molecule has 0 bridgehead atoms. The molecule has 16 heavy (non-hydrogen) atoms. The van der Waals surface area contributed by atoms with Crippen LogP contribution in [0, 0.1) is 0 Å². The number of nitrogens with zero attached hydrogens (tertiary/aromatic N) is 3. The summed E-state index contributed by atoms with van der Waals surface area (Å²) >= 11 is 0. The van der Waals surface area contributed by atoms with Crippen molar-refractivity contribution in [1.82, 2.24) is 14.9 Å². The van der Waals surface area contributed by atoms with Crippen molar-refractivity contribution in [1.29, 1.82) is 0 Å². The van der Waals surface area contributed by atoms with Crippen molar-refractivity contribution in [3.63, 3.8) is 0 Å². The first-order valence-electron chi connectivity index (χ1n) is 6.08. The molecule has 1 fully saturated rings. The molecule has 0 radical (unpaired) electrons. The van der Waals surface area contributed by atoms with Crippen LogP contribution in [0.4, 0.5) is 5.82 Å². The van der Waals surface area contributed by atoms with Crippen molar-refractivity contribution in [2.24, 2.45) is 0 Å². The molecule has 0 saturated heterocycles. The van der Waals surface area contributed by atoms with Gasteiger partial charge in [-0.05, 0) is 26.3 Å². The maximum Gasteiger partial charge on any atom is 0.134 e. The van der Waals surface area contributed by atoms with Crippen molar-refractivity contribution in [2.75, 3.05) is 25.9 Å². The Morgan fingerprint density at radius 2 is 1.94 bits per heavy atom. The summed E-state index contributed by atoms with van der Waals surface area (Å²) in [5.41, 5.74) is 8.43. The van der Waals surface area contributed by atoms with Gasteiger partial charge in [-0.25, -0.2) is 9.97 Å². The fourth-order valence-corrected chi connectivity index (χ4v) is 2.28. The topological polar surface area (TPSA) is 55.0 Å². The zero-order valence-electron chi connectivity index (χ0n) is 9.74. The number of hydrogen-bond acceptors (Lipinski definition) is 4. The SMILES string of the molecule is CN1CCc2nc(C3CC3)nc(N)c2CC1. The molecule has 3 rings (SSSR count). The number of rotatable bonds is 1. The molecule has 1 saturated carbocycles. The minimum Gasteiger partial charge on any atom is -0.383 e. The Bertz CT molecular complexity index is 412. The van der Waals surface area contributed by atoms with Gasteiger partial charge in [0, 0.05) is 31.0 Å². The van der Waals surface area contributed by atoms with Crippen LogP contribution in [0.1, 0.15) is 35.8 Å². The molecule has 4 heteroatoms. The van der Waals surface area contributed by atoms with Crippen LogP contribution in [0.15, 0.2) is 0 Å². The van der Waals surface area contributed by atoms with E-state index in [1.165, 1.54) is 24.1 Å². The molecular formula is C12H18N4. The van der Waals surface area contributed by atoms with Gasteiger partial charge in [0.15, 0.2) is 0 Å². The summed E-state index contributed by atoms with van der Waals surface area (Å²) in [5, 5.41) is 0.